The summed E-state index contributed by atoms with van der Waals surface area (Å²) in [4.78, 5) is 11.4. The number of hydrogen-bond acceptors (Lipinski definition) is 3. The SMILES string of the molecule is CCCNC(=O)CCNC(C)CCc1ccc(O)cc1. The van der Waals surface area contributed by atoms with E-state index in [4.69, 9.17) is 0 Å². The summed E-state index contributed by atoms with van der Waals surface area (Å²) in [6, 6.07) is 7.69. The highest BCUT2D eigenvalue weighted by Gasteiger charge is 2.04. The molecular weight excluding hydrogens is 252 g/mol. The smallest absolute Gasteiger partial charge is 0.221 e. The molecule has 0 aliphatic carbocycles. The Balaban J connectivity index is 2.12. The lowest BCUT2D eigenvalue weighted by Crippen LogP contribution is -2.32. The lowest BCUT2D eigenvalue weighted by atomic mass is 10.1. The summed E-state index contributed by atoms with van der Waals surface area (Å²) in [5, 5.41) is 15.4. The average molecular weight is 278 g/mol. The third kappa shape index (κ3) is 7.14. The predicted molar refractivity (Wildman–Crippen MR) is 81.8 cm³/mol. The molecule has 0 bridgehead atoms. The van der Waals surface area contributed by atoms with E-state index in [0.29, 0.717) is 24.8 Å². The fourth-order valence-electron chi connectivity index (χ4n) is 1.93. The number of nitrogens with one attached hydrogen (secondary N) is 2. The molecule has 0 saturated carbocycles. The van der Waals surface area contributed by atoms with Crippen molar-refractivity contribution in [3.8, 4) is 5.75 Å². The molecule has 0 aromatic heterocycles. The second-order valence-electron chi connectivity index (χ2n) is 5.16. The van der Waals surface area contributed by atoms with E-state index in [1.165, 1.54) is 5.56 Å². The molecule has 0 aliphatic heterocycles. The van der Waals surface area contributed by atoms with Gasteiger partial charge < -0.3 is 15.7 Å². The minimum atomic E-state index is 0.116. The van der Waals surface area contributed by atoms with Crippen LogP contribution in [-0.2, 0) is 11.2 Å². The van der Waals surface area contributed by atoms with Crippen LogP contribution in [0.4, 0.5) is 0 Å². The Morgan fingerprint density at radius 3 is 2.60 bits per heavy atom. The van der Waals surface area contributed by atoms with Gasteiger partial charge >= 0.3 is 0 Å². The van der Waals surface area contributed by atoms with Crippen molar-refractivity contribution in [3.63, 3.8) is 0 Å². The van der Waals surface area contributed by atoms with Gasteiger partial charge in [-0.1, -0.05) is 19.1 Å². The van der Waals surface area contributed by atoms with E-state index in [1.54, 1.807) is 12.1 Å². The molecule has 1 aromatic rings. The van der Waals surface area contributed by atoms with Crippen molar-refractivity contribution in [1.29, 1.82) is 0 Å². The summed E-state index contributed by atoms with van der Waals surface area (Å²) in [5.74, 6) is 0.420. The van der Waals surface area contributed by atoms with Gasteiger partial charge in [0.1, 0.15) is 5.75 Å². The summed E-state index contributed by atoms with van der Waals surface area (Å²) in [6.07, 6.45) is 3.49. The van der Waals surface area contributed by atoms with Gasteiger partial charge in [-0.25, -0.2) is 0 Å². The Kier molecular flexibility index (Phi) is 7.73. The van der Waals surface area contributed by atoms with Crippen LogP contribution in [0.15, 0.2) is 24.3 Å². The van der Waals surface area contributed by atoms with E-state index >= 15 is 0 Å². The topological polar surface area (TPSA) is 61.4 Å². The van der Waals surface area contributed by atoms with E-state index < -0.39 is 0 Å². The maximum Gasteiger partial charge on any atom is 0.221 e. The number of phenols is 1. The lowest BCUT2D eigenvalue weighted by molar-refractivity contribution is -0.121. The fraction of sp³-hybridized carbons (Fsp3) is 0.562. The van der Waals surface area contributed by atoms with Crippen molar-refractivity contribution in [2.75, 3.05) is 13.1 Å². The van der Waals surface area contributed by atoms with Crippen LogP contribution in [0.25, 0.3) is 0 Å². The Labute approximate surface area is 121 Å². The summed E-state index contributed by atoms with van der Waals surface area (Å²) in [6.45, 7) is 5.65. The third-order valence-corrected chi connectivity index (χ3v) is 3.22. The predicted octanol–water partition coefficient (Wildman–Crippen LogP) is 2.22. The van der Waals surface area contributed by atoms with Crippen LogP contribution >= 0.6 is 0 Å². The van der Waals surface area contributed by atoms with Gasteiger partial charge in [-0.15, -0.1) is 0 Å². The highest BCUT2D eigenvalue weighted by atomic mass is 16.3. The zero-order chi connectivity index (χ0) is 14.8. The van der Waals surface area contributed by atoms with Gasteiger partial charge in [-0.2, -0.15) is 0 Å². The first-order valence-corrected chi connectivity index (χ1v) is 7.39. The number of hydrogen-bond donors (Lipinski definition) is 3. The molecule has 0 saturated heterocycles. The quantitative estimate of drug-likeness (QED) is 0.649. The van der Waals surface area contributed by atoms with Gasteiger partial charge in [-0.05, 0) is 43.9 Å². The number of aromatic hydroxyl groups is 1. The maximum atomic E-state index is 11.4. The van der Waals surface area contributed by atoms with Crippen LogP contribution in [0, 0.1) is 0 Å². The number of benzene rings is 1. The monoisotopic (exact) mass is 278 g/mol. The number of carbonyl (C=O) groups is 1. The molecule has 3 N–H and O–H groups in total. The van der Waals surface area contributed by atoms with Gasteiger partial charge in [0.05, 0.1) is 0 Å². The maximum absolute atomic E-state index is 11.4. The Hall–Kier alpha value is -1.55. The highest BCUT2D eigenvalue weighted by Crippen LogP contribution is 2.11. The van der Waals surface area contributed by atoms with Crippen molar-refractivity contribution in [2.45, 2.75) is 45.6 Å². The summed E-state index contributed by atoms with van der Waals surface area (Å²) in [5.41, 5.74) is 1.22. The fourth-order valence-corrected chi connectivity index (χ4v) is 1.93. The van der Waals surface area contributed by atoms with E-state index in [9.17, 15) is 9.90 Å². The average Bonchev–Trinajstić information content (AvgIpc) is 2.44. The van der Waals surface area contributed by atoms with Crippen LogP contribution in [-0.4, -0.2) is 30.1 Å². The molecule has 1 aromatic carbocycles. The van der Waals surface area contributed by atoms with E-state index in [-0.39, 0.29) is 5.91 Å². The number of aryl methyl sites for hydroxylation is 1. The molecule has 0 aliphatic rings. The van der Waals surface area contributed by atoms with Gasteiger partial charge in [0, 0.05) is 25.6 Å². The van der Waals surface area contributed by atoms with Crippen molar-refractivity contribution in [1.82, 2.24) is 10.6 Å². The highest BCUT2D eigenvalue weighted by molar-refractivity contribution is 5.75. The van der Waals surface area contributed by atoms with Crippen molar-refractivity contribution in [3.05, 3.63) is 29.8 Å². The minimum Gasteiger partial charge on any atom is -0.508 e. The Bertz CT molecular complexity index is 390. The number of carbonyl (C=O) groups excluding carboxylic acids is 1. The van der Waals surface area contributed by atoms with Gasteiger partial charge in [0.2, 0.25) is 5.91 Å². The molecule has 0 radical (unpaired) electrons. The van der Waals surface area contributed by atoms with Crippen molar-refractivity contribution in [2.24, 2.45) is 0 Å². The van der Waals surface area contributed by atoms with Crippen molar-refractivity contribution >= 4 is 5.91 Å². The van der Waals surface area contributed by atoms with E-state index in [0.717, 1.165) is 25.8 Å². The van der Waals surface area contributed by atoms with Crippen molar-refractivity contribution < 1.29 is 9.90 Å². The summed E-state index contributed by atoms with van der Waals surface area (Å²) >= 11 is 0. The second kappa shape index (κ2) is 9.37. The van der Waals surface area contributed by atoms with E-state index in [1.807, 2.05) is 19.1 Å². The lowest BCUT2D eigenvalue weighted by Gasteiger charge is -2.13. The number of phenolic OH excluding ortho intramolecular Hbond substituents is 1. The van der Waals surface area contributed by atoms with Crippen LogP contribution in [0.5, 0.6) is 5.75 Å². The second-order valence-corrected chi connectivity index (χ2v) is 5.16. The minimum absolute atomic E-state index is 0.116. The zero-order valence-corrected chi connectivity index (χ0v) is 12.5. The van der Waals surface area contributed by atoms with Crippen LogP contribution in [0.2, 0.25) is 0 Å². The molecule has 20 heavy (non-hydrogen) atoms. The summed E-state index contributed by atoms with van der Waals surface area (Å²) < 4.78 is 0. The zero-order valence-electron chi connectivity index (χ0n) is 12.5. The Morgan fingerprint density at radius 1 is 1.25 bits per heavy atom. The number of amides is 1. The molecule has 1 atom stereocenters. The number of rotatable bonds is 9. The molecule has 4 heteroatoms. The Morgan fingerprint density at radius 2 is 1.95 bits per heavy atom. The molecule has 0 spiro atoms. The largest absolute Gasteiger partial charge is 0.508 e. The van der Waals surface area contributed by atoms with Gasteiger partial charge in [-0.3, -0.25) is 4.79 Å². The van der Waals surface area contributed by atoms with Gasteiger partial charge in [0.25, 0.3) is 0 Å². The molecule has 0 heterocycles. The summed E-state index contributed by atoms with van der Waals surface area (Å²) in [7, 11) is 0. The molecule has 1 amide bonds. The van der Waals surface area contributed by atoms with E-state index in [2.05, 4.69) is 17.6 Å². The standard InChI is InChI=1S/C16H26N2O2/c1-3-11-18-16(20)10-12-17-13(2)4-5-14-6-8-15(19)9-7-14/h6-9,13,17,19H,3-5,10-12H2,1-2H3,(H,18,20). The molecule has 0 fully saturated rings. The molecule has 1 unspecified atom stereocenters. The molecule has 4 nitrogen and oxygen atoms in total. The van der Waals surface area contributed by atoms with Crippen LogP contribution < -0.4 is 10.6 Å². The third-order valence-electron chi connectivity index (χ3n) is 3.22. The first-order chi connectivity index (χ1) is 9.61. The normalized spacial score (nSPS) is 12.1. The molecular formula is C16H26N2O2. The first kappa shape index (κ1) is 16.5. The first-order valence-electron chi connectivity index (χ1n) is 7.39. The molecule has 112 valence electrons. The van der Waals surface area contributed by atoms with Crippen LogP contribution in [0.1, 0.15) is 38.7 Å². The molecule has 1 rings (SSSR count). The van der Waals surface area contributed by atoms with Crippen LogP contribution in [0.3, 0.4) is 0 Å². The van der Waals surface area contributed by atoms with Gasteiger partial charge in [0.15, 0.2) is 0 Å².